The summed E-state index contributed by atoms with van der Waals surface area (Å²) in [5.41, 5.74) is 0. The maximum atomic E-state index is 9.10. The van der Waals surface area contributed by atoms with E-state index in [4.69, 9.17) is 15.1 Å². The van der Waals surface area contributed by atoms with Crippen LogP contribution in [0.15, 0.2) is 0 Å². The predicted molar refractivity (Wildman–Crippen MR) is 42.2 cm³/mol. The Labute approximate surface area is 71.9 Å². The Morgan fingerprint density at radius 3 is 2.58 bits per heavy atom. The van der Waals surface area contributed by atoms with Gasteiger partial charge in [0, 0.05) is 24.9 Å². The van der Waals surface area contributed by atoms with Crippen LogP contribution in [0.2, 0.25) is 0 Å². The van der Waals surface area contributed by atoms with Gasteiger partial charge in [0.25, 0.3) is 0 Å². The van der Waals surface area contributed by atoms with Crippen LogP contribution in [0, 0.1) is 23.2 Å². The molecule has 3 nitrogen and oxygen atoms in total. The van der Waals surface area contributed by atoms with Gasteiger partial charge < -0.3 is 9.84 Å². The standard InChI is InChI=1S/C9H13NO2/c10-4-3-6-7(5-11)9-2-1-8(6)12-9/h6-9,11H,1-3,5H2. The molecular weight excluding hydrogens is 154 g/mol. The Kier molecular flexibility index (Phi) is 2.03. The molecule has 0 aliphatic carbocycles. The molecule has 0 spiro atoms. The predicted octanol–water partition coefficient (Wildman–Crippen LogP) is 0.686. The highest BCUT2D eigenvalue weighted by Gasteiger charge is 2.48. The molecule has 2 saturated heterocycles. The van der Waals surface area contributed by atoms with Gasteiger partial charge >= 0.3 is 0 Å². The third-order valence-corrected chi connectivity index (χ3v) is 3.13. The summed E-state index contributed by atoms with van der Waals surface area (Å²) >= 11 is 0. The van der Waals surface area contributed by atoms with Crippen molar-refractivity contribution in [1.29, 1.82) is 5.26 Å². The number of hydrogen-bond acceptors (Lipinski definition) is 3. The minimum atomic E-state index is 0.174. The van der Waals surface area contributed by atoms with E-state index in [1.807, 2.05) is 0 Å². The first-order valence-corrected chi connectivity index (χ1v) is 4.50. The summed E-state index contributed by atoms with van der Waals surface area (Å²) in [5.74, 6) is 0.516. The van der Waals surface area contributed by atoms with Crippen LogP contribution in [0.25, 0.3) is 0 Å². The lowest BCUT2D eigenvalue weighted by Gasteiger charge is -2.23. The second kappa shape index (κ2) is 3.04. The summed E-state index contributed by atoms with van der Waals surface area (Å²) in [6, 6.07) is 2.17. The molecule has 1 N–H and O–H groups in total. The van der Waals surface area contributed by atoms with E-state index >= 15 is 0 Å². The Bertz CT molecular complexity index is 211. The number of rotatable bonds is 2. The summed E-state index contributed by atoms with van der Waals surface area (Å²) < 4.78 is 5.63. The van der Waals surface area contributed by atoms with Crippen LogP contribution >= 0.6 is 0 Å². The van der Waals surface area contributed by atoms with Crippen molar-refractivity contribution in [1.82, 2.24) is 0 Å². The molecule has 2 fully saturated rings. The first kappa shape index (κ1) is 8.03. The van der Waals surface area contributed by atoms with Gasteiger partial charge in [0.05, 0.1) is 18.3 Å². The van der Waals surface area contributed by atoms with Crippen LogP contribution in [0.5, 0.6) is 0 Å². The molecule has 2 rings (SSSR count). The molecule has 0 aromatic rings. The average molecular weight is 167 g/mol. The van der Waals surface area contributed by atoms with Crippen molar-refractivity contribution in [3.8, 4) is 6.07 Å². The van der Waals surface area contributed by atoms with E-state index < -0.39 is 0 Å². The lowest BCUT2D eigenvalue weighted by atomic mass is 9.78. The summed E-state index contributed by atoms with van der Waals surface area (Å²) in [6.45, 7) is 0.174. The fourth-order valence-corrected chi connectivity index (χ4v) is 2.51. The van der Waals surface area contributed by atoms with Crippen LogP contribution < -0.4 is 0 Å². The minimum Gasteiger partial charge on any atom is -0.396 e. The zero-order valence-corrected chi connectivity index (χ0v) is 6.94. The van der Waals surface area contributed by atoms with Crippen LogP contribution in [0.3, 0.4) is 0 Å². The number of aliphatic hydroxyl groups excluding tert-OH is 1. The molecule has 2 bridgehead atoms. The molecule has 2 aliphatic rings. The summed E-state index contributed by atoms with van der Waals surface area (Å²) in [6.07, 6.45) is 3.17. The third-order valence-electron chi connectivity index (χ3n) is 3.13. The summed E-state index contributed by atoms with van der Waals surface area (Å²) in [4.78, 5) is 0. The SMILES string of the molecule is N#CCC1C2CCC(O2)C1CO. The van der Waals surface area contributed by atoms with Crippen molar-refractivity contribution in [3.63, 3.8) is 0 Å². The summed E-state index contributed by atoms with van der Waals surface area (Å²) in [7, 11) is 0. The van der Waals surface area contributed by atoms with E-state index in [0.717, 1.165) is 12.8 Å². The van der Waals surface area contributed by atoms with Gasteiger partial charge in [-0.2, -0.15) is 5.26 Å². The maximum Gasteiger partial charge on any atom is 0.0634 e. The fraction of sp³-hybridized carbons (Fsp3) is 0.889. The number of ether oxygens (including phenoxy) is 1. The number of aliphatic hydroxyl groups is 1. The zero-order chi connectivity index (χ0) is 8.55. The lowest BCUT2D eigenvalue weighted by molar-refractivity contribution is 0.0787. The molecule has 4 unspecified atom stereocenters. The Morgan fingerprint density at radius 2 is 2.00 bits per heavy atom. The molecule has 2 aliphatic heterocycles. The average Bonchev–Trinajstić information content (AvgIpc) is 2.64. The van der Waals surface area contributed by atoms with Crippen molar-refractivity contribution in [3.05, 3.63) is 0 Å². The topological polar surface area (TPSA) is 53.2 Å². The smallest absolute Gasteiger partial charge is 0.0634 e. The fourth-order valence-electron chi connectivity index (χ4n) is 2.51. The van der Waals surface area contributed by atoms with Crippen LogP contribution in [0.1, 0.15) is 19.3 Å². The molecular formula is C9H13NO2. The molecule has 0 radical (unpaired) electrons. The molecule has 2 heterocycles. The minimum absolute atomic E-state index is 0.174. The van der Waals surface area contributed by atoms with Crippen molar-refractivity contribution >= 4 is 0 Å². The zero-order valence-electron chi connectivity index (χ0n) is 6.94. The van der Waals surface area contributed by atoms with Crippen molar-refractivity contribution in [2.45, 2.75) is 31.5 Å². The van der Waals surface area contributed by atoms with E-state index in [1.54, 1.807) is 0 Å². The van der Waals surface area contributed by atoms with Crippen LogP contribution in [-0.4, -0.2) is 23.9 Å². The number of nitrogens with zero attached hydrogens (tertiary/aromatic N) is 1. The third kappa shape index (κ3) is 1.03. The Morgan fingerprint density at radius 1 is 1.33 bits per heavy atom. The number of hydrogen-bond donors (Lipinski definition) is 1. The van der Waals surface area contributed by atoms with Crippen LogP contribution in [0.4, 0.5) is 0 Å². The van der Waals surface area contributed by atoms with Gasteiger partial charge in [-0.25, -0.2) is 0 Å². The van der Waals surface area contributed by atoms with Gasteiger partial charge in [0.15, 0.2) is 0 Å². The van der Waals surface area contributed by atoms with Crippen molar-refractivity contribution < 1.29 is 9.84 Å². The normalized spacial score (nSPS) is 44.7. The van der Waals surface area contributed by atoms with Gasteiger partial charge in [0.1, 0.15) is 0 Å². The molecule has 0 saturated carbocycles. The van der Waals surface area contributed by atoms with E-state index in [-0.39, 0.29) is 24.7 Å². The molecule has 4 atom stereocenters. The molecule has 0 amide bonds. The Hall–Kier alpha value is -0.590. The van der Waals surface area contributed by atoms with E-state index in [0.29, 0.717) is 12.3 Å². The quantitative estimate of drug-likeness (QED) is 0.658. The first-order chi connectivity index (χ1) is 5.86. The number of fused-ring (bicyclic) bond motifs is 2. The molecule has 66 valence electrons. The van der Waals surface area contributed by atoms with Crippen molar-refractivity contribution in [2.75, 3.05) is 6.61 Å². The van der Waals surface area contributed by atoms with E-state index in [1.165, 1.54) is 0 Å². The highest BCUT2D eigenvalue weighted by molar-refractivity contribution is 4.98. The van der Waals surface area contributed by atoms with Gasteiger partial charge in [-0.3, -0.25) is 0 Å². The van der Waals surface area contributed by atoms with Gasteiger partial charge in [0.2, 0.25) is 0 Å². The number of nitriles is 1. The second-order valence-electron chi connectivity index (χ2n) is 3.66. The summed E-state index contributed by atoms with van der Waals surface area (Å²) in [5, 5.41) is 17.7. The van der Waals surface area contributed by atoms with Crippen molar-refractivity contribution in [2.24, 2.45) is 11.8 Å². The highest BCUT2D eigenvalue weighted by Crippen LogP contribution is 2.44. The largest absolute Gasteiger partial charge is 0.396 e. The monoisotopic (exact) mass is 167 g/mol. The maximum absolute atomic E-state index is 9.10. The van der Waals surface area contributed by atoms with Gasteiger partial charge in [-0.1, -0.05) is 0 Å². The molecule has 0 aromatic carbocycles. The first-order valence-electron chi connectivity index (χ1n) is 4.50. The van der Waals surface area contributed by atoms with Crippen LogP contribution in [-0.2, 0) is 4.74 Å². The second-order valence-corrected chi connectivity index (χ2v) is 3.66. The van der Waals surface area contributed by atoms with E-state index in [2.05, 4.69) is 6.07 Å². The Balaban J connectivity index is 2.07. The molecule has 0 aromatic heterocycles. The highest BCUT2D eigenvalue weighted by atomic mass is 16.5. The van der Waals surface area contributed by atoms with Gasteiger partial charge in [-0.05, 0) is 12.8 Å². The van der Waals surface area contributed by atoms with E-state index in [9.17, 15) is 0 Å². The molecule has 12 heavy (non-hydrogen) atoms. The van der Waals surface area contributed by atoms with Gasteiger partial charge in [-0.15, -0.1) is 0 Å². The lowest BCUT2D eigenvalue weighted by Crippen LogP contribution is -2.29. The molecule has 3 heteroatoms.